The molecule has 2 aliphatic heterocycles. The van der Waals surface area contributed by atoms with Crippen LogP contribution < -0.4 is 10.2 Å². The number of benzene rings is 1. The lowest BCUT2D eigenvalue weighted by molar-refractivity contribution is -0.127. The Morgan fingerprint density at radius 2 is 2.00 bits per heavy atom. The van der Waals surface area contributed by atoms with Crippen molar-refractivity contribution in [3.05, 3.63) is 30.3 Å². The van der Waals surface area contributed by atoms with Gasteiger partial charge in [-0.3, -0.25) is 4.79 Å². The second-order valence-corrected chi connectivity index (χ2v) is 6.31. The zero-order valence-corrected chi connectivity index (χ0v) is 13.6. The van der Waals surface area contributed by atoms with Gasteiger partial charge in [-0.25, -0.2) is 0 Å². The van der Waals surface area contributed by atoms with Crippen LogP contribution in [-0.2, 0) is 14.3 Å². The van der Waals surface area contributed by atoms with Crippen molar-refractivity contribution in [1.29, 1.82) is 0 Å². The SMILES string of the molecule is O=C(COCC1CCCO1)NC1CCN(c2ccccc2)CC1. The lowest BCUT2D eigenvalue weighted by Gasteiger charge is -2.34. The van der Waals surface area contributed by atoms with E-state index in [-0.39, 0.29) is 24.7 Å². The van der Waals surface area contributed by atoms with Crippen LogP contribution in [-0.4, -0.2) is 51.0 Å². The molecule has 0 aromatic heterocycles. The van der Waals surface area contributed by atoms with Gasteiger partial charge in [0.15, 0.2) is 0 Å². The number of amides is 1. The molecule has 0 bridgehead atoms. The maximum atomic E-state index is 11.9. The van der Waals surface area contributed by atoms with Crippen LogP contribution in [0.3, 0.4) is 0 Å². The summed E-state index contributed by atoms with van der Waals surface area (Å²) in [6, 6.07) is 10.7. The third-order valence-corrected chi connectivity index (χ3v) is 4.54. The predicted molar refractivity (Wildman–Crippen MR) is 89.6 cm³/mol. The molecule has 2 heterocycles. The molecule has 5 nitrogen and oxygen atoms in total. The van der Waals surface area contributed by atoms with Crippen molar-refractivity contribution in [2.75, 3.05) is 37.8 Å². The van der Waals surface area contributed by atoms with E-state index in [0.29, 0.717) is 6.61 Å². The molecule has 1 unspecified atom stereocenters. The first-order chi connectivity index (χ1) is 11.3. The van der Waals surface area contributed by atoms with Crippen LogP contribution >= 0.6 is 0 Å². The molecule has 0 aliphatic carbocycles. The van der Waals surface area contributed by atoms with Gasteiger partial charge in [-0.05, 0) is 37.8 Å². The maximum absolute atomic E-state index is 11.9. The minimum atomic E-state index is -0.0128. The number of carbonyl (C=O) groups excluding carboxylic acids is 1. The zero-order valence-electron chi connectivity index (χ0n) is 13.6. The number of para-hydroxylation sites is 1. The number of hydrogen-bond donors (Lipinski definition) is 1. The number of anilines is 1. The summed E-state index contributed by atoms with van der Waals surface area (Å²) in [5, 5.41) is 3.08. The molecule has 1 amide bonds. The van der Waals surface area contributed by atoms with E-state index >= 15 is 0 Å². The van der Waals surface area contributed by atoms with E-state index in [9.17, 15) is 4.79 Å². The number of ether oxygens (including phenoxy) is 2. The predicted octanol–water partition coefficient (Wildman–Crippen LogP) is 1.97. The molecule has 0 spiro atoms. The second-order valence-electron chi connectivity index (χ2n) is 6.31. The number of hydrogen-bond acceptors (Lipinski definition) is 4. The highest BCUT2D eigenvalue weighted by atomic mass is 16.5. The molecule has 2 aliphatic rings. The fourth-order valence-electron chi connectivity index (χ4n) is 3.25. The normalized spacial score (nSPS) is 22.3. The van der Waals surface area contributed by atoms with Crippen molar-refractivity contribution in [1.82, 2.24) is 5.32 Å². The largest absolute Gasteiger partial charge is 0.376 e. The van der Waals surface area contributed by atoms with Gasteiger partial charge in [0.1, 0.15) is 6.61 Å². The van der Waals surface area contributed by atoms with Crippen molar-refractivity contribution < 1.29 is 14.3 Å². The van der Waals surface area contributed by atoms with Gasteiger partial charge in [0.25, 0.3) is 0 Å². The van der Waals surface area contributed by atoms with Gasteiger partial charge in [-0.2, -0.15) is 0 Å². The Morgan fingerprint density at radius 1 is 1.22 bits per heavy atom. The number of piperidine rings is 1. The fourth-order valence-corrected chi connectivity index (χ4v) is 3.25. The summed E-state index contributed by atoms with van der Waals surface area (Å²) in [4.78, 5) is 14.3. The number of nitrogens with one attached hydrogen (secondary N) is 1. The summed E-state index contributed by atoms with van der Waals surface area (Å²) in [6.45, 7) is 3.44. The van der Waals surface area contributed by atoms with Crippen LogP contribution in [0.5, 0.6) is 0 Å². The molecule has 3 rings (SSSR count). The van der Waals surface area contributed by atoms with Gasteiger partial charge in [0.05, 0.1) is 12.7 Å². The molecule has 5 heteroatoms. The molecule has 0 radical (unpaired) electrons. The minimum absolute atomic E-state index is 0.0128. The van der Waals surface area contributed by atoms with Crippen LogP contribution in [0.15, 0.2) is 30.3 Å². The summed E-state index contributed by atoms with van der Waals surface area (Å²) < 4.78 is 10.9. The average molecular weight is 318 g/mol. The van der Waals surface area contributed by atoms with E-state index in [1.54, 1.807) is 0 Å². The molecule has 1 atom stereocenters. The summed E-state index contributed by atoms with van der Waals surface area (Å²) >= 11 is 0. The Bertz CT molecular complexity index is 480. The highest BCUT2D eigenvalue weighted by Gasteiger charge is 2.21. The number of carbonyl (C=O) groups is 1. The van der Waals surface area contributed by atoms with Crippen molar-refractivity contribution in [2.24, 2.45) is 0 Å². The van der Waals surface area contributed by atoms with Crippen molar-refractivity contribution in [3.8, 4) is 0 Å². The molecule has 23 heavy (non-hydrogen) atoms. The molecule has 126 valence electrons. The maximum Gasteiger partial charge on any atom is 0.246 e. The van der Waals surface area contributed by atoms with E-state index in [2.05, 4.69) is 34.5 Å². The van der Waals surface area contributed by atoms with Gasteiger partial charge in [-0.1, -0.05) is 18.2 Å². The Morgan fingerprint density at radius 3 is 2.70 bits per heavy atom. The standard InChI is InChI=1S/C18H26N2O3/c21-18(14-22-13-17-7-4-12-23-17)19-15-8-10-20(11-9-15)16-5-2-1-3-6-16/h1-3,5-6,15,17H,4,7-14H2,(H,19,21). The van der Waals surface area contributed by atoms with E-state index in [1.807, 2.05) is 6.07 Å². The van der Waals surface area contributed by atoms with Crippen LogP contribution in [0.1, 0.15) is 25.7 Å². The van der Waals surface area contributed by atoms with E-state index in [4.69, 9.17) is 9.47 Å². The molecular weight excluding hydrogens is 292 g/mol. The Hall–Kier alpha value is -1.59. The van der Waals surface area contributed by atoms with Gasteiger partial charge < -0.3 is 19.7 Å². The first-order valence-corrected chi connectivity index (χ1v) is 8.60. The third-order valence-electron chi connectivity index (χ3n) is 4.54. The summed E-state index contributed by atoms with van der Waals surface area (Å²) in [7, 11) is 0. The summed E-state index contributed by atoms with van der Waals surface area (Å²) in [5.41, 5.74) is 1.26. The van der Waals surface area contributed by atoms with Crippen molar-refractivity contribution >= 4 is 11.6 Å². The Kier molecular flexibility index (Phi) is 5.88. The van der Waals surface area contributed by atoms with Gasteiger partial charge >= 0.3 is 0 Å². The third kappa shape index (κ3) is 4.94. The van der Waals surface area contributed by atoms with Crippen LogP contribution in [0.4, 0.5) is 5.69 Å². The lowest BCUT2D eigenvalue weighted by atomic mass is 10.0. The van der Waals surface area contributed by atoms with Crippen LogP contribution in [0, 0.1) is 0 Å². The zero-order chi connectivity index (χ0) is 15.9. The van der Waals surface area contributed by atoms with Gasteiger partial charge in [0.2, 0.25) is 5.91 Å². The molecule has 1 N–H and O–H groups in total. The highest BCUT2D eigenvalue weighted by Crippen LogP contribution is 2.19. The number of rotatable bonds is 6. The molecule has 2 saturated heterocycles. The Balaban J connectivity index is 1.32. The average Bonchev–Trinajstić information content (AvgIpc) is 3.10. The minimum Gasteiger partial charge on any atom is -0.376 e. The number of nitrogens with zero attached hydrogens (tertiary/aromatic N) is 1. The molecule has 1 aromatic carbocycles. The van der Waals surface area contributed by atoms with Gasteiger partial charge in [-0.15, -0.1) is 0 Å². The molecular formula is C18H26N2O3. The van der Waals surface area contributed by atoms with Crippen LogP contribution in [0.2, 0.25) is 0 Å². The summed E-state index contributed by atoms with van der Waals surface area (Å²) in [5.74, 6) is -0.0128. The molecule has 1 aromatic rings. The quantitative estimate of drug-likeness (QED) is 0.871. The van der Waals surface area contributed by atoms with Crippen molar-refractivity contribution in [2.45, 2.75) is 37.8 Å². The fraction of sp³-hybridized carbons (Fsp3) is 0.611. The van der Waals surface area contributed by atoms with Crippen LogP contribution in [0.25, 0.3) is 0 Å². The lowest BCUT2D eigenvalue weighted by Crippen LogP contribution is -2.45. The Labute approximate surface area is 137 Å². The van der Waals surface area contributed by atoms with E-state index in [1.165, 1.54) is 5.69 Å². The smallest absolute Gasteiger partial charge is 0.246 e. The van der Waals surface area contributed by atoms with Crippen molar-refractivity contribution in [3.63, 3.8) is 0 Å². The molecule has 2 fully saturated rings. The first kappa shape index (κ1) is 16.3. The monoisotopic (exact) mass is 318 g/mol. The summed E-state index contributed by atoms with van der Waals surface area (Å²) in [6.07, 6.45) is 4.27. The van der Waals surface area contributed by atoms with E-state index < -0.39 is 0 Å². The van der Waals surface area contributed by atoms with E-state index in [0.717, 1.165) is 45.4 Å². The second kappa shape index (κ2) is 8.31. The molecule has 0 saturated carbocycles. The first-order valence-electron chi connectivity index (χ1n) is 8.60. The van der Waals surface area contributed by atoms with Gasteiger partial charge in [0, 0.05) is 31.4 Å². The topological polar surface area (TPSA) is 50.8 Å². The highest BCUT2D eigenvalue weighted by molar-refractivity contribution is 5.77.